The van der Waals surface area contributed by atoms with Crippen molar-refractivity contribution in [3.63, 3.8) is 0 Å². The predicted molar refractivity (Wildman–Crippen MR) is 115 cm³/mol. The molecule has 0 spiro atoms. The molecule has 1 saturated heterocycles. The second kappa shape index (κ2) is 8.40. The molecule has 1 aromatic carbocycles. The van der Waals surface area contributed by atoms with Crippen LogP contribution in [-0.4, -0.2) is 40.9 Å². The first-order chi connectivity index (χ1) is 14.2. The van der Waals surface area contributed by atoms with Crippen LogP contribution in [0.4, 0.5) is 4.79 Å². The molecule has 2 aromatic rings. The van der Waals surface area contributed by atoms with E-state index in [2.05, 4.69) is 5.16 Å². The minimum absolute atomic E-state index is 0.0750. The van der Waals surface area contributed by atoms with Crippen LogP contribution in [-0.2, 0) is 16.1 Å². The van der Waals surface area contributed by atoms with Crippen LogP contribution in [0.15, 0.2) is 22.7 Å². The van der Waals surface area contributed by atoms with Gasteiger partial charge in [0.15, 0.2) is 0 Å². The standard InChI is InChI=1S/C22H26Cl2N2O4/c1-22(2,3)29-21(27)26-10-9-14(11-26)28-12-15-19(25-30-20(15)13-7-8-13)18-16(23)5-4-6-17(18)24/h4-6,13-14H,7-12H2,1-3H3. The van der Waals surface area contributed by atoms with Crippen molar-refractivity contribution in [2.75, 3.05) is 13.1 Å². The summed E-state index contributed by atoms with van der Waals surface area (Å²) in [5.41, 5.74) is 1.68. The first-order valence-electron chi connectivity index (χ1n) is 10.3. The maximum atomic E-state index is 12.3. The number of nitrogens with zero attached hydrogens (tertiary/aromatic N) is 2. The largest absolute Gasteiger partial charge is 0.444 e. The van der Waals surface area contributed by atoms with Gasteiger partial charge in [-0.2, -0.15) is 0 Å². The summed E-state index contributed by atoms with van der Waals surface area (Å²) in [5.74, 6) is 1.22. The molecule has 1 atom stereocenters. The molecule has 1 saturated carbocycles. The van der Waals surface area contributed by atoms with E-state index in [1.54, 1.807) is 23.1 Å². The third-order valence-corrected chi connectivity index (χ3v) is 5.86. The number of carbonyl (C=O) groups excluding carboxylic acids is 1. The van der Waals surface area contributed by atoms with Crippen molar-refractivity contribution in [1.82, 2.24) is 10.1 Å². The van der Waals surface area contributed by atoms with Gasteiger partial charge in [0.2, 0.25) is 0 Å². The molecule has 0 radical (unpaired) electrons. The monoisotopic (exact) mass is 452 g/mol. The van der Waals surface area contributed by atoms with Crippen molar-refractivity contribution in [1.29, 1.82) is 0 Å². The highest BCUT2D eigenvalue weighted by atomic mass is 35.5. The van der Waals surface area contributed by atoms with Gasteiger partial charge in [-0.15, -0.1) is 0 Å². The molecule has 8 heteroatoms. The van der Waals surface area contributed by atoms with Crippen LogP contribution < -0.4 is 0 Å². The molecule has 1 unspecified atom stereocenters. The van der Waals surface area contributed by atoms with E-state index in [4.69, 9.17) is 37.2 Å². The van der Waals surface area contributed by atoms with Gasteiger partial charge in [-0.25, -0.2) is 4.79 Å². The van der Waals surface area contributed by atoms with Crippen LogP contribution in [0.2, 0.25) is 10.0 Å². The number of halogens is 2. The number of ether oxygens (including phenoxy) is 2. The van der Waals surface area contributed by atoms with Crippen LogP contribution in [0.1, 0.15) is 57.3 Å². The van der Waals surface area contributed by atoms with E-state index in [1.807, 2.05) is 20.8 Å². The van der Waals surface area contributed by atoms with Crippen molar-refractivity contribution in [3.8, 4) is 11.3 Å². The third kappa shape index (κ3) is 4.76. The molecule has 0 N–H and O–H groups in total. The van der Waals surface area contributed by atoms with E-state index < -0.39 is 5.60 Å². The van der Waals surface area contributed by atoms with Crippen LogP contribution in [0, 0.1) is 0 Å². The Kier molecular flexibility index (Phi) is 6.02. The predicted octanol–water partition coefficient (Wildman–Crippen LogP) is 6.05. The normalized spacial score (nSPS) is 19.4. The molecule has 2 aliphatic rings. The summed E-state index contributed by atoms with van der Waals surface area (Å²) in [6, 6.07) is 5.37. The molecule has 1 aromatic heterocycles. The number of amides is 1. The van der Waals surface area contributed by atoms with E-state index >= 15 is 0 Å². The summed E-state index contributed by atoms with van der Waals surface area (Å²) in [7, 11) is 0. The summed E-state index contributed by atoms with van der Waals surface area (Å²) in [6.07, 6.45) is 2.53. The van der Waals surface area contributed by atoms with Crippen LogP contribution >= 0.6 is 23.2 Å². The number of hydrogen-bond donors (Lipinski definition) is 0. The Balaban J connectivity index is 1.48. The zero-order valence-electron chi connectivity index (χ0n) is 17.4. The smallest absolute Gasteiger partial charge is 0.410 e. The lowest BCUT2D eigenvalue weighted by atomic mass is 10.0. The van der Waals surface area contributed by atoms with Gasteiger partial charge >= 0.3 is 6.09 Å². The van der Waals surface area contributed by atoms with Crippen molar-refractivity contribution in [2.24, 2.45) is 0 Å². The summed E-state index contributed by atoms with van der Waals surface area (Å²) in [5, 5.41) is 5.34. The number of carbonyl (C=O) groups is 1. The Labute approximate surface area is 186 Å². The molecular weight excluding hydrogens is 427 g/mol. The minimum Gasteiger partial charge on any atom is -0.444 e. The average Bonchev–Trinajstić information content (AvgIpc) is 3.23. The number of benzene rings is 1. The van der Waals surface area contributed by atoms with Gasteiger partial charge in [0.1, 0.15) is 17.1 Å². The highest BCUT2D eigenvalue weighted by molar-refractivity contribution is 6.39. The summed E-state index contributed by atoms with van der Waals surface area (Å²) in [4.78, 5) is 14.0. The maximum absolute atomic E-state index is 12.3. The van der Waals surface area contributed by atoms with E-state index in [1.165, 1.54) is 0 Å². The number of aromatic nitrogens is 1. The number of rotatable bonds is 5. The van der Waals surface area contributed by atoms with Gasteiger partial charge in [-0.1, -0.05) is 34.4 Å². The average molecular weight is 453 g/mol. The quantitative estimate of drug-likeness (QED) is 0.551. The third-order valence-electron chi connectivity index (χ3n) is 5.23. The van der Waals surface area contributed by atoms with E-state index in [0.717, 1.165) is 30.6 Å². The van der Waals surface area contributed by atoms with Crippen molar-refractivity contribution in [3.05, 3.63) is 39.6 Å². The molecule has 6 nitrogen and oxygen atoms in total. The molecule has 2 fully saturated rings. The van der Waals surface area contributed by atoms with Crippen LogP contribution in [0.25, 0.3) is 11.3 Å². The van der Waals surface area contributed by atoms with Crippen LogP contribution in [0.3, 0.4) is 0 Å². The molecule has 2 heterocycles. The van der Waals surface area contributed by atoms with Gasteiger partial charge in [-0.3, -0.25) is 0 Å². The van der Waals surface area contributed by atoms with Crippen molar-refractivity contribution in [2.45, 2.75) is 64.3 Å². The Hall–Kier alpha value is -1.76. The van der Waals surface area contributed by atoms with E-state index in [-0.39, 0.29) is 12.2 Å². The second-order valence-corrected chi connectivity index (χ2v) is 9.71. The first kappa shape index (κ1) is 21.5. The molecule has 30 heavy (non-hydrogen) atoms. The molecule has 1 aliphatic carbocycles. The Morgan fingerprint density at radius 1 is 1.23 bits per heavy atom. The molecule has 1 amide bonds. The zero-order chi connectivity index (χ0) is 21.5. The molecule has 4 rings (SSSR count). The van der Waals surface area contributed by atoms with Crippen molar-refractivity contribution < 1.29 is 18.8 Å². The Morgan fingerprint density at radius 3 is 2.57 bits per heavy atom. The number of likely N-dealkylation sites (tertiary alicyclic amines) is 1. The Bertz CT molecular complexity index is 913. The fraction of sp³-hybridized carbons (Fsp3) is 0.545. The SMILES string of the molecule is CC(C)(C)OC(=O)N1CCC(OCc2c(-c3c(Cl)cccc3Cl)noc2C2CC2)C1. The molecular formula is C22H26Cl2N2O4. The second-order valence-electron chi connectivity index (χ2n) is 8.89. The van der Waals surface area contributed by atoms with Gasteiger partial charge in [0.05, 0.1) is 29.3 Å². The van der Waals surface area contributed by atoms with Gasteiger partial charge in [-0.05, 0) is 52.2 Å². The van der Waals surface area contributed by atoms with Gasteiger partial charge in [0.25, 0.3) is 0 Å². The Morgan fingerprint density at radius 2 is 1.93 bits per heavy atom. The first-order valence-corrected chi connectivity index (χ1v) is 11.0. The lowest BCUT2D eigenvalue weighted by Crippen LogP contribution is -2.36. The highest BCUT2D eigenvalue weighted by Crippen LogP contribution is 2.46. The van der Waals surface area contributed by atoms with Crippen molar-refractivity contribution >= 4 is 29.3 Å². The molecule has 1 aliphatic heterocycles. The lowest BCUT2D eigenvalue weighted by Gasteiger charge is -2.24. The minimum atomic E-state index is -0.513. The number of hydrogen-bond acceptors (Lipinski definition) is 5. The van der Waals surface area contributed by atoms with E-state index in [9.17, 15) is 4.79 Å². The summed E-state index contributed by atoms with van der Waals surface area (Å²) < 4.78 is 17.3. The summed E-state index contributed by atoms with van der Waals surface area (Å²) >= 11 is 12.8. The topological polar surface area (TPSA) is 64.8 Å². The maximum Gasteiger partial charge on any atom is 0.410 e. The van der Waals surface area contributed by atoms with Crippen LogP contribution in [0.5, 0.6) is 0 Å². The molecule has 162 valence electrons. The fourth-order valence-electron chi connectivity index (χ4n) is 3.61. The van der Waals surface area contributed by atoms with Gasteiger partial charge in [0, 0.05) is 23.6 Å². The van der Waals surface area contributed by atoms with Gasteiger partial charge < -0.3 is 18.9 Å². The highest BCUT2D eigenvalue weighted by Gasteiger charge is 2.35. The van der Waals surface area contributed by atoms with E-state index in [0.29, 0.717) is 46.9 Å². The lowest BCUT2D eigenvalue weighted by molar-refractivity contribution is 0.0183. The zero-order valence-corrected chi connectivity index (χ0v) is 18.9. The fourth-order valence-corrected chi connectivity index (χ4v) is 4.18. The summed E-state index contributed by atoms with van der Waals surface area (Å²) in [6.45, 7) is 7.03. The molecule has 0 bridgehead atoms.